The first kappa shape index (κ1) is 23.1. The summed E-state index contributed by atoms with van der Waals surface area (Å²) in [7, 11) is 0. The van der Waals surface area contributed by atoms with Gasteiger partial charge >= 0.3 is 0 Å². The Kier molecular flexibility index (Phi) is 6.66. The number of allylic oxidation sites excluding steroid dienone is 1. The number of carbonyl (C=O) groups excluding carboxylic acids is 3. The minimum absolute atomic E-state index is 0.0272. The number of anilines is 1. The first-order chi connectivity index (χ1) is 16.5. The van der Waals surface area contributed by atoms with E-state index in [0.717, 1.165) is 13.1 Å². The average molecular weight is 459 g/mol. The second-order valence-corrected chi connectivity index (χ2v) is 7.92. The molecule has 4 rings (SSSR count). The molecule has 1 aromatic heterocycles. The first-order valence-electron chi connectivity index (χ1n) is 10.9. The fourth-order valence-corrected chi connectivity index (χ4v) is 4.09. The molecule has 1 aliphatic rings. The third kappa shape index (κ3) is 4.38. The van der Waals surface area contributed by atoms with Crippen LogP contribution in [-0.2, 0) is 16.1 Å². The van der Waals surface area contributed by atoms with Crippen molar-refractivity contribution >= 4 is 40.3 Å². The molecule has 1 aliphatic heterocycles. The molecular weight excluding hydrogens is 437 g/mol. The number of halogens is 1. The minimum atomic E-state index is -0.552. The zero-order valence-electron chi connectivity index (χ0n) is 18.6. The molecule has 1 fully saturated rings. The Hall–Kier alpha value is -4.09. The smallest absolute Gasteiger partial charge is 0.200 e. The molecule has 0 atom stereocenters. The van der Waals surface area contributed by atoms with Gasteiger partial charge in [-0.2, -0.15) is 0 Å². The maximum absolute atomic E-state index is 15.0. The lowest BCUT2D eigenvalue weighted by Gasteiger charge is -2.30. The second-order valence-electron chi connectivity index (χ2n) is 7.92. The lowest BCUT2D eigenvalue weighted by Crippen LogP contribution is -2.43. The van der Waals surface area contributed by atoms with Gasteiger partial charge in [-0.3, -0.25) is 9.59 Å². The van der Waals surface area contributed by atoms with Crippen LogP contribution in [0.5, 0.6) is 0 Å². The number of benzene rings is 2. The van der Waals surface area contributed by atoms with Crippen molar-refractivity contribution in [3.63, 3.8) is 0 Å². The summed E-state index contributed by atoms with van der Waals surface area (Å²) in [5, 5.41) is 3.47. The van der Waals surface area contributed by atoms with E-state index in [2.05, 4.69) is 5.32 Å². The van der Waals surface area contributed by atoms with Crippen molar-refractivity contribution in [3.05, 3.63) is 80.2 Å². The fraction of sp³-hybridized carbons (Fsp3) is 0.231. The number of pyridine rings is 1. The van der Waals surface area contributed by atoms with Crippen molar-refractivity contribution in [3.8, 4) is 0 Å². The summed E-state index contributed by atoms with van der Waals surface area (Å²) in [6, 6.07) is 7.23. The third-order valence-electron chi connectivity index (χ3n) is 5.90. The van der Waals surface area contributed by atoms with Crippen molar-refractivity contribution in [1.29, 1.82) is 0 Å². The van der Waals surface area contributed by atoms with Gasteiger partial charge in [0.25, 0.3) is 0 Å². The van der Waals surface area contributed by atoms with E-state index < -0.39 is 17.0 Å². The molecule has 0 bridgehead atoms. The molecule has 0 unspecified atom stereocenters. The molecule has 2 heterocycles. The van der Waals surface area contributed by atoms with E-state index in [1.807, 2.05) is 11.8 Å². The number of nitrogens with zero attached hydrogens (tertiary/aromatic N) is 2. The summed E-state index contributed by atoms with van der Waals surface area (Å²) in [4.78, 5) is 49.8. The van der Waals surface area contributed by atoms with Gasteiger partial charge in [-0.05, 0) is 42.8 Å². The Morgan fingerprint density at radius 1 is 1.12 bits per heavy atom. The summed E-state index contributed by atoms with van der Waals surface area (Å²) in [6.07, 6.45) is 4.14. The van der Waals surface area contributed by atoms with Crippen molar-refractivity contribution in [2.45, 2.75) is 13.5 Å². The Morgan fingerprint density at radius 3 is 2.53 bits per heavy atom. The Balaban J connectivity index is 1.76. The highest BCUT2D eigenvalue weighted by atomic mass is 19.1. The minimum Gasteiger partial charge on any atom is -0.367 e. The summed E-state index contributed by atoms with van der Waals surface area (Å²) in [5.74, 6) is 2.25. The molecule has 34 heavy (non-hydrogen) atoms. The van der Waals surface area contributed by atoms with Crippen molar-refractivity contribution in [2.75, 3.05) is 31.1 Å². The zero-order chi connectivity index (χ0) is 24.2. The lowest BCUT2D eigenvalue weighted by molar-refractivity contribution is 0.104. The predicted octanol–water partition coefficient (Wildman–Crippen LogP) is 0.473. The highest BCUT2D eigenvalue weighted by Crippen LogP contribution is 2.25. The van der Waals surface area contributed by atoms with Crippen LogP contribution in [0.4, 0.5) is 10.1 Å². The quantitative estimate of drug-likeness (QED) is 0.441. The Labute approximate surface area is 194 Å². The van der Waals surface area contributed by atoms with Crippen molar-refractivity contribution in [1.82, 2.24) is 9.88 Å². The molecule has 0 spiro atoms. The van der Waals surface area contributed by atoms with Crippen LogP contribution in [-0.4, -0.2) is 48.4 Å². The van der Waals surface area contributed by atoms with Crippen LogP contribution in [0.25, 0.3) is 17.0 Å². The summed E-state index contributed by atoms with van der Waals surface area (Å²) < 4.78 is 16.7. The lowest BCUT2D eigenvalue weighted by atomic mass is 10.1. The van der Waals surface area contributed by atoms with Crippen LogP contribution in [0.2, 0.25) is 0 Å². The number of nitrogens with one attached hydrogen (secondary N) is 1. The Bertz CT molecular complexity index is 1540. The van der Waals surface area contributed by atoms with Gasteiger partial charge in [0.1, 0.15) is 17.7 Å². The molecule has 2 aromatic carbocycles. The number of fused-ring (bicyclic) bond motifs is 1. The summed E-state index contributed by atoms with van der Waals surface area (Å²) in [6.45, 7) is 5.19. The van der Waals surface area contributed by atoms with Gasteiger partial charge in [0.05, 0.1) is 27.2 Å². The van der Waals surface area contributed by atoms with Gasteiger partial charge in [0.15, 0.2) is 5.78 Å². The molecule has 3 aromatic rings. The van der Waals surface area contributed by atoms with Crippen molar-refractivity contribution in [2.24, 2.45) is 0 Å². The highest BCUT2D eigenvalue weighted by molar-refractivity contribution is 6.08. The van der Waals surface area contributed by atoms with E-state index >= 15 is 0 Å². The largest absolute Gasteiger partial charge is 0.367 e. The number of aromatic nitrogens is 1. The molecule has 172 valence electrons. The van der Waals surface area contributed by atoms with E-state index in [0.29, 0.717) is 36.4 Å². The fourth-order valence-electron chi connectivity index (χ4n) is 4.09. The van der Waals surface area contributed by atoms with E-state index in [1.165, 1.54) is 36.5 Å². The van der Waals surface area contributed by atoms with E-state index in [9.17, 15) is 23.6 Å². The monoisotopic (exact) mass is 459 g/mol. The van der Waals surface area contributed by atoms with Crippen LogP contribution in [0.15, 0.2) is 47.4 Å². The second kappa shape index (κ2) is 9.81. The van der Waals surface area contributed by atoms with Crippen LogP contribution in [0, 0.1) is 5.82 Å². The molecule has 0 saturated carbocycles. The van der Waals surface area contributed by atoms with Crippen molar-refractivity contribution < 1.29 is 18.8 Å². The molecule has 0 aliphatic carbocycles. The molecule has 1 N–H and O–H groups in total. The van der Waals surface area contributed by atoms with Crippen LogP contribution in [0.1, 0.15) is 22.8 Å². The maximum Gasteiger partial charge on any atom is 0.200 e. The van der Waals surface area contributed by atoms with Gasteiger partial charge in [-0.15, -0.1) is 0 Å². The number of hydrogen-bond donors (Lipinski definition) is 1. The number of ketones is 1. The standard InChI is InChI=1S/C26H22FN3O4/c1-2-29-14-21(25(33)6-4-17-3-5-18(15-31)19(11-17)16-32)26(34)20-12-22(27)24(13-23(20)29)30-9-7-28-8-10-30/h3-6,11-14,28H,2,7-10H2,1H3. The number of carbonyl (C=O) groups is 1. The number of piperazine rings is 1. The Morgan fingerprint density at radius 2 is 1.85 bits per heavy atom. The van der Waals surface area contributed by atoms with E-state index in [1.54, 1.807) is 28.6 Å². The first-order valence-corrected chi connectivity index (χ1v) is 10.9. The highest BCUT2D eigenvalue weighted by Gasteiger charge is 2.19. The third-order valence-corrected chi connectivity index (χ3v) is 5.90. The number of aryl methyl sites for hydroxylation is 1. The molecular formula is C26H22FN3O4. The number of hydrogen-bond acceptors (Lipinski definition) is 6. The van der Waals surface area contributed by atoms with Gasteiger partial charge in [-0.1, -0.05) is 12.1 Å². The SMILES string of the molecule is CCn1cc(C(=O)C=Cc2ccc(=C=O)c(=C=O)c2)c(=O)c2cc(F)c(N3CCNCC3)cc21. The zero-order valence-corrected chi connectivity index (χ0v) is 18.6. The topological polar surface area (TPSA) is 88.5 Å². The average Bonchev–Trinajstić information content (AvgIpc) is 2.87. The van der Waals surface area contributed by atoms with Crippen LogP contribution in [0.3, 0.4) is 0 Å². The van der Waals surface area contributed by atoms with E-state index in [4.69, 9.17) is 0 Å². The van der Waals surface area contributed by atoms with Crippen LogP contribution < -0.4 is 26.1 Å². The van der Waals surface area contributed by atoms with E-state index in [-0.39, 0.29) is 21.4 Å². The van der Waals surface area contributed by atoms with Gasteiger partial charge < -0.3 is 14.8 Å². The van der Waals surface area contributed by atoms with Gasteiger partial charge in [0.2, 0.25) is 5.43 Å². The summed E-state index contributed by atoms with van der Waals surface area (Å²) >= 11 is 0. The van der Waals surface area contributed by atoms with Gasteiger partial charge in [-0.25, -0.2) is 14.0 Å². The molecule has 1 saturated heterocycles. The molecule has 8 heteroatoms. The molecule has 0 amide bonds. The molecule has 7 nitrogen and oxygen atoms in total. The number of rotatable bonds is 5. The van der Waals surface area contributed by atoms with Crippen LogP contribution >= 0.6 is 0 Å². The maximum atomic E-state index is 15.0. The summed E-state index contributed by atoms with van der Waals surface area (Å²) in [5.41, 5.74) is 0.852. The predicted molar refractivity (Wildman–Crippen MR) is 128 cm³/mol. The normalized spacial score (nSPS) is 13.8. The molecule has 0 radical (unpaired) electrons. The van der Waals surface area contributed by atoms with Gasteiger partial charge in [0, 0.05) is 44.3 Å².